The molecule has 0 saturated carbocycles. The number of carbonyl (C=O) groups excluding carboxylic acids is 1. The summed E-state index contributed by atoms with van der Waals surface area (Å²) in [5.74, 6) is -0.535. The highest BCUT2D eigenvalue weighted by Gasteiger charge is 2.22. The molecule has 21 heavy (non-hydrogen) atoms. The van der Waals surface area contributed by atoms with E-state index < -0.39 is 16.0 Å². The fourth-order valence-electron chi connectivity index (χ4n) is 1.97. The van der Waals surface area contributed by atoms with E-state index in [9.17, 15) is 13.2 Å². The van der Waals surface area contributed by atoms with Crippen molar-refractivity contribution in [3.05, 3.63) is 41.2 Å². The number of H-pyrrole nitrogens is 1. The van der Waals surface area contributed by atoms with Gasteiger partial charge in [0, 0.05) is 5.69 Å². The summed E-state index contributed by atoms with van der Waals surface area (Å²) in [5.41, 5.74) is 1.37. The van der Waals surface area contributed by atoms with Crippen LogP contribution in [-0.2, 0) is 14.8 Å². The Morgan fingerprint density at radius 1 is 1.33 bits per heavy atom. The van der Waals surface area contributed by atoms with Crippen LogP contribution in [0.25, 0.3) is 0 Å². The zero-order valence-corrected chi connectivity index (χ0v) is 12.6. The summed E-state index contributed by atoms with van der Waals surface area (Å²) >= 11 is 0. The van der Waals surface area contributed by atoms with Crippen molar-refractivity contribution in [2.75, 3.05) is 11.8 Å². The van der Waals surface area contributed by atoms with Gasteiger partial charge in [-0.1, -0.05) is 6.07 Å². The second-order valence-corrected chi connectivity index (χ2v) is 6.06. The van der Waals surface area contributed by atoms with Crippen molar-refractivity contribution < 1.29 is 17.9 Å². The van der Waals surface area contributed by atoms with Crippen LogP contribution in [0.5, 0.6) is 0 Å². The number of anilines is 1. The van der Waals surface area contributed by atoms with Crippen molar-refractivity contribution in [3.8, 4) is 0 Å². The number of nitrogens with zero attached hydrogens (tertiary/aromatic N) is 1. The van der Waals surface area contributed by atoms with Crippen molar-refractivity contribution in [1.82, 2.24) is 10.2 Å². The van der Waals surface area contributed by atoms with E-state index in [1.165, 1.54) is 19.2 Å². The number of aromatic amines is 1. The van der Waals surface area contributed by atoms with Crippen LogP contribution in [0, 0.1) is 13.8 Å². The number of ether oxygens (including phenoxy) is 1. The fraction of sp³-hybridized carbons (Fsp3) is 0.231. The number of esters is 1. The monoisotopic (exact) mass is 309 g/mol. The van der Waals surface area contributed by atoms with Crippen LogP contribution in [0.3, 0.4) is 0 Å². The van der Waals surface area contributed by atoms with Gasteiger partial charge in [-0.05, 0) is 32.0 Å². The van der Waals surface area contributed by atoms with Crippen molar-refractivity contribution in [1.29, 1.82) is 0 Å². The van der Waals surface area contributed by atoms with Crippen LogP contribution in [0.4, 0.5) is 5.69 Å². The predicted octanol–water partition coefficient (Wildman–Crippen LogP) is 1.61. The van der Waals surface area contributed by atoms with Gasteiger partial charge in [-0.2, -0.15) is 5.10 Å². The lowest BCUT2D eigenvalue weighted by Crippen LogP contribution is -2.15. The Morgan fingerprint density at radius 2 is 2.05 bits per heavy atom. The average molecular weight is 309 g/mol. The third kappa shape index (κ3) is 3.05. The standard InChI is InChI=1S/C13H15N3O4S/c1-8-12(9(2)15-14-8)21(18,19)16-11-6-4-5-10(7-11)13(17)20-3/h4-7,16H,1-3H3,(H,14,15). The summed E-state index contributed by atoms with van der Waals surface area (Å²) in [6, 6.07) is 6.07. The van der Waals surface area contributed by atoms with Crippen molar-refractivity contribution in [3.63, 3.8) is 0 Å². The molecule has 1 aromatic carbocycles. The maximum Gasteiger partial charge on any atom is 0.337 e. The molecule has 1 aromatic heterocycles. The molecular weight excluding hydrogens is 294 g/mol. The second kappa shape index (κ2) is 5.57. The van der Waals surface area contributed by atoms with Crippen LogP contribution in [-0.4, -0.2) is 31.7 Å². The smallest absolute Gasteiger partial charge is 0.337 e. The normalized spacial score (nSPS) is 11.2. The molecule has 7 nitrogen and oxygen atoms in total. The molecule has 0 atom stereocenters. The molecular formula is C13H15N3O4S. The Bertz CT molecular complexity index is 761. The molecule has 0 bridgehead atoms. The number of hydrogen-bond acceptors (Lipinski definition) is 5. The number of nitrogens with one attached hydrogen (secondary N) is 2. The molecule has 0 spiro atoms. The van der Waals surface area contributed by atoms with Gasteiger partial charge >= 0.3 is 5.97 Å². The quantitative estimate of drug-likeness (QED) is 0.836. The molecule has 0 fully saturated rings. The highest BCUT2D eigenvalue weighted by atomic mass is 32.2. The molecule has 0 radical (unpaired) electrons. The van der Waals surface area contributed by atoms with Gasteiger partial charge in [0.25, 0.3) is 10.0 Å². The zero-order valence-electron chi connectivity index (χ0n) is 11.8. The lowest BCUT2D eigenvalue weighted by molar-refractivity contribution is 0.0601. The first-order valence-corrected chi connectivity index (χ1v) is 7.56. The van der Waals surface area contributed by atoms with Gasteiger partial charge in [-0.3, -0.25) is 9.82 Å². The average Bonchev–Trinajstić information content (AvgIpc) is 2.77. The van der Waals surface area contributed by atoms with Gasteiger partial charge in [0.05, 0.1) is 24.1 Å². The topological polar surface area (TPSA) is 101 Å². The van der Waals surface area contributed by atoms with E-state index in [2.05, 4.69) is 19.7 Å². The molecule has 112 valence electrons. The maximum absolute atomic E-state index is 12.4. The lowest BCUT2D eigenvalue weighted by atomic mass is 10.2. The van der Waals surface area contributed by atoms with Gasteiger partial charge in [0.2, 0.25) is 0 Å². The van der Waals surface area contributed by atoms with Crippen LogP contribution < -0.4 is 4.72 Å². The molecule has 0 saturated heterocycles. The van der Waals surface area contributed by atoms with Crippen molar-refractivity contribution >= 4 is 21.7 Å². The van der Waals surface area contributed by atoms with E-state index in [4.69, 9.17) is 0 Å². The second-order valence-electron chi connectivity index (χ2n) is 4.44. The minimum Gasteiger partial charge on any atom is -0.465 e. The summed E-state index contributed by atoms with van der Waals surface area (Å²) in [6.07, 6.45) is 0. The number of methoxy groups -OCH3 is 1. The van der Waals surface area contributed by atoms with E-state index in [1.54, 1.807) is 26.0 Å². The number of aryl methyl sites for hydroxylation is 2. The highest BCUT2D eigenvalue weighted by molar-refractivity contribution is 7.92. The molecule has 0 aliphatic carbocycles. The third-order valence-corrected chi connectivity index (χ3v) is 4.51. The van der Waals surface area contributed by atoms with E-state index in [0.717, 1.165) is 0 Å². The summed E-state index contributed by atoms with van der Waals surface area (Å²) in [6.45, 7) is 3.22. The number of rotatable bonds is 4. The van der Waals surface area contributed by atoms with E-state index in [-0.39, 0.29) is 16.1 Å². The minimum absolute atomic E-state index is 0.103. The third-order valence-electron chi connectivity index (χ3n) is 2.87. The first kappa shape index (κ1) is 15.0. The maximum atomic E-state index is 12.4. The van der Waals surface area contributed by atoms with Crippen LogP contribution in [0.2, 0.25) is 0 Å². The van der Waals surface area contributed by atoms with Gasteiger partial charge < -0.3 is 4.74 Å². The first-order valence-electron chi connectivity index (χ1n) is 6.08. The van der Waals surface area contributed by atoms with Crippen LogP contribution in [0.1, 0.15) is 21.7 Å². The Kier molecular flexibility index (Phi) is 3.99. The van der Waals surface area contributed by atoms with Gasteiger partial charge in [-0.15, -0.1) is 0 Å². The number of sulfonamides is 1. The largest absolute Gasteiger partial charge is 0.465 e. The Labute approximate surface area is 122 Å². The minimum atomic E-state index is -3.78. The van der Waals surface area contributed by atoms with E-state index in [1.807, 2.05) is 0 Å². The van der Waals surface area contributed by atoms with E-state index in [0.29, 0.717) is 11.4 Å². The molecule has 0 aliphatic heterocycles. The molecule has 1 heterocycles. The summed E-state index contributed by atoms with van der Waals surface area (Å²) < 4.78 is 31.8. The Balaban J connectivity index is 2.36. The lowest BCUT2D eigenvalue weighted by Gasteiger charge is -2.09. The number of benzene rings is 1. The van der Waals surface area contributed by atoms with Crippen LogP contribution in [0.15, 0.2) is 29.2 Å². The molecule has 0 aliphatic rings. The van der Waals surface area contributed by atoms with Crippen LogP contribution >= 0.6 is 0 Å². The summed E-state index contributed by atoms with van der Waals surface area (Å²) in [5, 5.41) is 6.49. The molecule has 8 heteroatoms. The number of carbonyl (C=O) groups is 1. The molecule has 2 rings (SSSR count). The Hall–Kier alpha value is -2.35. The molecule has 2 N–H and O–H groups in total. The predicted molar refractivity (Wildman–Crippen MR) is 76.7 cm³/mol. The van der Waals surface area contributed by atoms with Crippen molar-refractivity contribution in [2.45, 2.75) is 18.7 Å². The Morgan fingerprint density at radius 3 is 2.62 bits per heavy atom. The zero-order chi connectivity index (χ0) is 15.6. The van der Waals surface area contributed by atoms with Crippen molar-refractivity contribution in [2.24, 2.45) is 0 Å². The number of aromatic nitrogens is 2. The SMILES string of the molecule is COC(=O)c1cccc(NS(=O)(=O)c2c(C)n[nH]c2C)c1. The molecule has 0 amide bonds. The molecule has 0 unspecified atom stereocenters. The van der Waals surface area contributed by atoms with Gasteiger partial charge in [0.15, 0.2) is 0 Å². The van der Waals surface area contributed by atoms with Gasteiger partial charge in [0.1, 0.15) is 4.90 Å². The van der Waals surface area contributed by atoms with E-state index >= 15 is 0 Å². The van der Waals surface area contributed by atoms with Gasteiger partial charge in [-0.25, -0.2) is 13.2 Å². The molecule has 2 aromatic rings. The summed E-state index contributed by atoms with van der Waals surface area (Å²) in [7, 11) is -2.52. The first-order chi connectivity index (χ1) is 9.85. The highest BCUT2D eigenvalue weighted by Crippen LogP contribution is 2.21. The fourth-order valence-corrected chi connectivity index (χ4v) is 3.39. The summed E-state index contributed by atoms with van der Waals surface area (Å²) in [4.78, 5) is 11.6. The number of hydrogen-bond donors (Lipinski definition) is 2.